The van der Waals surface area contributed by atoms with Gasteiger partial charge >= 0.3 is 0 Å². The van der Waals surface area contributed by atoms with Gasteiger partial charge in [0.2, 0.25) is 5.91 Å². The van der Waals surface area contributed by atoms with E-state index in [0.29, 0.717) is 18.9 Å². The van der Waals surface area contributed by atoms with Crippen LogP contribution in [-0.4, -0.2) is 56.4 Å². The van der Waals surface area contributed by atoms with Crippen molar-refractivity contribution in [3.8, 4) is 0 Å². The van der Waals surface area contributed by atoms with Crippen molar-refractivity contribution in [3.63, 3.8) is 0 Å². The van der Waals surface area contributed by atoms with E-state index < -0.39 is 19.7 Å². The third-order valence-corrected chi connectivity index (χ3v) is 11.1. The van der Waals surface area contributed by atoms with Gasteiger partial charge in [-0.25, -0.2) is 0 Å². The largest absolute Gasteiger partial charge is 0.367 e. The number of hydrogen-bond acceptors (Lipinski definition) is 4. The molecule has 1 N–H and O–H groups in total. The number of aliphatic imine (C=N–C) groups is 1. The molecule has 1 saturated carbocycles. The smallest absolute Gasteiger partial charge is 0.257 e. The quantitative estimate of drug-likeness (QED) is 0.711. The molecule has 1 aromatic carbocycles. The Morgan fingerprint density at radius 3 is 2.35 bits per heavy atom. The van der Waals surface area contributed by atoms with Crippen LogP contribution in [0.2, 0.25) is 24.7 Å². The Balaban J connectivity index is 1.54. The van der Waals surface area contributed by atoms with E-state index in [1.807, 2.05) is 35.2 Å². The van der Waals surface area contributed by atoms with E-state index in [0.717, 1.165) is 29.6 Å². The molecular formula is C24H33N3O3Si. The van der Waals surface area contributed by atoms with Gasteiger partial charge in [0.15, 0.2) is 6.10 Å². The molecule has 0 aromatic heterocycles. The average Bonchev–Trinajstić information content (AvgIpc) is 3.38. The molecule has 6 nitrogen and oxygen atoms in total. The molecule has 0 unspecified atom stereocenters. The molecule has 3 aliphatic rings. The van der Waals surface area contributed by atoms with E-state index in [9.17, 15) is 9.59 Å². The van der Waals surface area contributed by atoms with E-state index in [-0.39, 0.29) is 16.9 Å². The lowest BCUT2D eigenvalue weighted by atomic mass is 9.93. The molecule has 1 aromatic rings. The first-order valence-electron chi connectivity index (χ1n) is 11.0. The fraction of sp³-hybridized carbons (Fsp3) is 0.542. The Kier molecular flexibility index (Phi) is 5.25. The van der Waals surface area contributed by atoms with E-state index >= 15 is 0 Å². The summed E-state index contributed by atoms with van der Waals surface area (Å²) in [6.45, 7) is 11.8. The van der Waals surface area contributed by atoms with Crippen LogP contribution in [-0.2, 0) is 14.3 Å². The minimum Gasteiger partial charge on any atom is -0.367 e. The number of ether oxygens (including phenoxy) is 1. The maximum absolute atomic E-state index is 13.5. The molecule has 2 aliphatic heterocycles. The summed E-state index contributed by atoms with van der Waals surface area (Å²) in [7, 11) is -0.0558. The van der Waals surface area contributed by atoms with Crippen molar-refractivity contribution in [1.82, 2.24) is 10.2 Å². The van der Waals surface area contributed by atoms with Gasteiger partial charge in [0.1, 0.15) is 5.84 Å². The lowest BCUT2D eigenvalue weighted by Gasteiger charge is -2.36. The number of amides is 2. The lowest BCUT2D eigenvalue weighted by molar-refractivity contribution is -0.145. The van der Waals surface area contributed by atoms with Gasteiger partial charge in [0, 0.05) is 17.7 Å². The Bertz CT molecular complexity index is 972. The van der Waals surface area contributed by atoms with Crippen LogP contribution >= 0.6 is 0 Å². The van der Waals surface area contributed by atoms with Gasteiger partial charge in [-0.3, -0.25) is 14.6 Å². The number of nitrogens with zero attached hydrogens (tertiary/aromatic N) is 2. The van der Waals surface area contributed by atoms with Crippen LogP contribution in [0.25, 0.3) is 0 Å². The molecule has 2 heterocycles. The highest BCUT2D eigenvalue weighted by atomic mass is 28.3. The molecule has 0 saturated heterocycles. The molecule has 1 fully saturated rings. The Hall–Kier alpha value is -2.25. The fourth-order valence-corrected chi connectivity index (χ4v) is 7.40. The number of carbonyl (C=O) groups excluding carboxylic acids is 2. The molecule has 0 radical (unpaired) electrons. The Morgan fingerprint density at radius 2 is 1.81 bits per heavy atom. The minimum absolute atomic E-state index is 0.0699. The lowest BCUT2D eigenvalue weighted by Crippen LogP contribution is -2.48. The van der Waals surface area contributed by atoms with Crippen molar-refractivity contribution in [2.24, 2.45) is 4.99 Å². The predicted octanol–water partition coefficient (Wildman–Crippen LogP) is 3.69. The number of rotatable bonds is 5. The monoisotopic (exact) mass is 439 g/mol. The number of benzene rings is 1. The van der Waals surface area contributed by atoms with E-state index in [1.165, 1.54) is 0 Å². The normalized spacial score (nSPS) is 22.1. The first kappa shape index (κ1) is 22.0. The molecule has 31 heavy (non-hydrogen) atoms. The molecule has 1 aliphatic carbocycles. The van der Waals surface area contributed by atoms with Gasteiger partial charge in [0.25, 0.3) is 5.91 Å². The van der Waals surface area contributed by atoms with Gasteiger partial charge in [0.05, 0.1) is 26.7 Å². The van der Waals surface area contributed by atoms with Crippen LogP contribution in [0.5, 0.6) is 0 Å². The first-order chi connectivity index (χ1) is 14.5. The van der Waals surface area contributed by atoms with Crippen molar-refractivity contribution < 1.29 is 14.3 Å². The molecule has 166 valence electrons. The summed E-state index contributed by atoms with van der Waals surface area (Å²) >= 11 is 0. The Labute approximate surface area is 185 Å². The number of hydrogen-bond donors (Lipinski definition) is 1. The third-order valence-electron chi connectivity index (χ3n) is 7.46. The molecule has 0 bridgehead atoms. The van der Waals surface area contributed by atoms with Gasteiger partial charge in [-0.1, -0.05) is 50.0 Å². The Morgan fingerprint density at radius 1 is 1.16 bits per heavy atom. The van der Waals surface area contributed by atoms with Gasteiger partial charge in [-0.15, -0.1) is 0 Å². The van der Waals surface area contributed by atoms with Gasteiger partial charge < -0.3 is 15.0 Å². The van der Waals surface area contributed by atoms with E-state index in [2.05, 4.69) is 43.8 Å². The number of amidine groups is 1. The van der Waals surface area contributed by atoms with Crippen molar-refractivity contribution in [2.45, 2.75) is 63.0 Å². The van der Waals surface area contributed by atoms with E-state index in [4.69, 9.17) is 4.74 Å². The maximum Gasteiger partial charge on any atom is 0.257 e. The van der Waals surface area contributed by atoms with Crippen LogP contribution in [0.1, 0.15) is 38.4 Å². The van der Waals surface area contributed by atoms with E-state index in [1.54, 1.807) is 7.11 Å². The highest BCUT2D eigenvalue weighted by molar-refractivity contribution is 6.83. The summed E-state index contributed by atoms with van der Waals surface area (Å²) in [5.41, 5.74) is 2.45. The fourth-order valence-electron chi connectivity index (χ4n) is 5.03. The molecule has 4 rings (SSSR count). The highest BCUT2D eigenvalue weighted by Crippen LogP contribution is 2.60. The van der Waals surface area contributed by atoms with Gasteiger partial charge in [-0.2, -0.15) is 0 Å². The predicted molar refractivity (Wildman–Crippen MR) is 125 cm³/mol. The second-order valence-electron chi connectivity index (χ2n) is 10.4. The van der Waals surface area contributed by atoms with Crippen molar-refractivity contribution in [1.29, 1.82) is 0 Å². The van der Waals surface area contributed by atoms with Crippen LogP contribution in [0.3, 0.4) is 0 Å². The van der Waals surface area contributed by atoms with Crippen LogP contribution in [0.15, 0.2) is 46.5 Å². The maximum atomic E-state index is 13.5. The molecular weight excluding hydrogens is 406 g/mol. The SMILES string of the molecule is CO[C@@H](C(=O)N1CC2=C(CN=C2NC(=O)C2([Si](C)(C)C)CC2)C1(C)C)c1ccccc1. The molecule has 7 heteroatoms. The summed E-state index contributed by atoms with van der Waals surface area (Å²) < 4.78 is 5.60. The zero-order valence-electron chi connectivity index (χ0n) is 19.4. The van der Waals surface area contributed by atoms with Gasteiger partial charge in [-0.05, 0) is 37.8 Å². The minimum atomic E-state index is -1.62. The number of nitrogens with one attached hydrogen (secondary N) is 1. The summed E-state index contributed by atoms with van der Waals surface area (Å²) in [6, 6.07) is 9.57. The number of carbonyl (C=O) groups is 2. The van der Waals surface area contributed by atoms with Crippen molar-refractivity contribution >= 4 is 25.7 Å². The highest BCUT2D eigenvalue weighted by Gasteiger charge is 2.59. The summed E-state index contributed by atoms with van der Waals surface area (Å²) in [5, 5.41) is 2.97. The zero-order valence-corrected chi connectivity index (χ0v) is 20.4. The summed E-state index contributed by atoms with van der Waals surface area (Å²) in [5.74, 6) is 0.696. The zero-order chi connectivity index (χ0) is 22.6. The standard InChI is InChI=1S/C24H33N3O3Si/c1-23(2)18-14-25-20(26-22(29)24(12-13-24)31(4,5)6)17(18)15-27(23)21(28)19(30-3)16-10-8-7-9-11-16/h7-11,19H,12-15H2,1-6H3,(H,25,26,29)/t19-/m1/s1. The van der Waals surface area contributed by atoms with Crippen molar-refractivity contribution in [2.75, 3.05) is 20.2 Å². The third kappa shape index (κ3) is 3.48. The second-order valence-corrected chi connectivity index (χ2v) is 15.9. The van der Waals surface area contributed by atoms with Crippen LogP contribution in [0.4, 0.5) is 0 Å². The molecule has 2 amide bonds. The number of methoxy groups -OCH3 is 1. The van der Waals surface area contributed by atoms with Crippen LogP contribution in [0, 0.1) is 0 Å². The first-order valence-corrected chi connectivity index (χ1v) is 14.5. The summed E-state index contributed by atoms with van der Waals surface area (Å²) in [4.78, 5) is 33.2. The van der Waals surface area contributed by atoms with Crippen molar-refractivity contribution in [3.05, 3.63) is 47.0 Å². The topological polar surface area (TPSA) is 71.0 Å². The second kappa shape index (κ2) is 7.41. The average molecular weight is 440 g/mol. The molecule has 0 spiro atoms. The molecule has 1 atom stereocenters. The summed E-state index contributed by atoms with van der Waals surface area (Å²) in [6.07, 6.45) is 1.28. The van der Waals surface area contributed by atoms with Crippen LogP contribution < -0.4 is 5.32 Å².